The summed E-state index contributed by atoms with van der Waals surface area (Å²) in [7, 11) is 2.12. The van der Waals surface area contributed by atoms with Crippen LogP contribution in [0.4, 0.5) is 18.9 Å². The maximum absolute atomic E-state index is 14.1. The molecule has 0 aliphatic carbocycles. The second-order valence-corrected chi connectivity index (χ2v) is 14.6. The van der Waals surface area contributed by atoms with Crippen molar-refractivity contribution in [2.24, 2.45) is 5.92 Å². The SMILES string of the molecule is CN1CCC(N2CCN(C(=O)[C@H](CC(=O)N3CCC(n4nc(-c5ccccc5)[nH]c4=O)CC3)Cc3cc(Br)c(N)c(C(F)(F)F)c3)CC2)CC1. The van der Waals surface area contributed by atoms with Gasteiger partial charge in [0, 0.05) is 61.8 Å². The fourth-order valence-corrected chi connectivity index (χ4v) is 8.00. The Labute approximate surface area is 297 Å². The predicted octanol–water partition coefficient (Wildman–Crippen LogP) is 4.25. The number of likely N-dealkylation sites (tertiary alicyclic amines) is 2. The number of anilines is 1. The highest BCUT2D eigenvalue weighted by Gasteiger charge is 2.37. The highest BCUT2D eigenvalue weighted by molar-refractivity contribution is 9.10. The molecule has 3 N–H and O–H groups in total. The summed E-state index contributed by atoms with van der Waals surface area (Å²) in [5.41, 5.74) is 5.13. The van der Waals surface area contributed by atoms with Gasteiger partial charge in [0.1, 0.15) is 0 Å². The molecule has 3 fully saturated rings. The molecule has 1 aromatic heterocycles. The maximum Gasteiger partial charge on any atom is 0.418 e. The number of carbonyl (C=O) groups excluding carboxylic acids is 2. The molecular formula is C35H44BrF3N8O3. The van der Waals surface area contributed by atoms with E-state index in [9.17, 15) is 27.6 Å². The lowest BCUT2D eigenvalue weighted by Gasteiger charge is -2.43. The average molecular weight is 762 g/mol. The third-order valence-electron chi connectivity index (χ3n) is 10.4. The normalized spacial score (nSPS) is 19.5. The van der Waals surface area contributed by atoms with Crippen molar-refractivity contribution in [3.63, 3.8) is 0 Å². The van der Waals surface area contributed by atoms with E-state index in [1.54, 1.807) is 9.80 Å². The van der Waals surface area contributed by atoms with Crippen LogP contribution in [0.2, 0.25) is 0 Å². The van der Waals surface area contributed by atoms with E-state index in [0.717, 1.165) is 50.7 Å². The van der Waals surface area contributed by atoms with Gasteiger partial charge in [0.15, 0.2) is 5.82 Å². The summed E-state index contributed by atoms with van der Waals surface area (Å²) in [5.74, 6) is -0.842. The number of nitrogens with two attached hydrogens (primary N) is 1. The van der Waals surface area contributed by atoms with Crippen molar-refractivity contribution < 1.29 is 22.8 Å². The van der Waals surface area contributed by atoms with Gasteiger partial charge in [-0.05, 0) is 85.9 Å². The van der Waals surface area contributed by atoms with E-state index in [1.165, 1.54) is 10.7 Å². The first kappa shape index (κ1) is 36.1. The Balaban J connectivity index is 1.14. The Morgan fingerprint density at radius 3 is 2.22 bits per heavy atom. The zero-order valence-corrected chi connectivity index (χ0v) is 29.8. The molecule has 6 rings (SSSR count). The van der Waals surface area contributed by atoms with E-state index in [-0.39, 0.29) is 46.4 Å². The molecule has 0 radical (unpaired) electrons. The quantitative estimate of drug-likeness (QED) is 0.329. The minimum absolute atomic E-state index is 0.0386. The van der Waals surface area contributed by atoms with Crippen molar-refractivity contribution in [1.82, 2.24) is 34.4 Å². The molecule has 3 aliphatic heterocycles. The first-order valence-corrected chi connectivity index (χ1v) is 18.0. The number of piperidine rings is 2. The van der Waals surface area contributed by atoms with Crippen LogP contribution in [-0.4, -0.2) is 112 Å². The number of alkyl halides is 3. The summed E-state index contributed by atoms with van der Waals surface area (Å²) in [6, 6.07) is 12.1. The predicted molar refractivity (Wildman–Crippen MR) is 187 cm³/mol. The molecule has 1 atom stereocenters. The third-order valence-corrected chi connectivity index (χ3v) is 11.1. The van der Waals surface area contributed by atoms with E-state index >= 15 is 0 Å². The number of H-pyrrole nitrogens is 1. The van der Waals surface area contributed by atoms with Crippen LogP contribution < -0.4 is 11.4 Å². The molecule has 3 aliphatic rings. The standard InChI is InChI=1S/C35H44BrF3N8O3/c1-43-11-7-26(8-12-43)44-15-17-46(18-16-44)33(49)25(19-23-20-28(35(37,38)39)31(40)29(36)21-23)22-30(48)45-13-9-27(10-14-45)47-34(50)41-32(42-47)24-5-3-2-4-6-24/h2-6,20-21,25-27H,7-19,22,40H2,1H3,(H,41,42,50)/t25-/m0/s1. The van der Waals surface area contributed by atoms with Gasteiger partial charge in [0.05, 0.1) is 23.2 Å². The fourth-order valence-electron chi connectivity index (χ4n) is 7.49. The molecule has 3 saturated heterocycles. The van der Waals surface area contributed by atoms with Gasteiger partial charge in [-0.25, -0.2) is 9.48 Å². The highest BCUT2D eigenvalue weighted by Crippen LogP contribution is 2.39. The van der Waals surface area contributed by atoms with Gasteiger partial charge in [-0.1, -0.05) is 30.3 Å². The van der Waals surface area contributed by atoms with Crippen LogP contribution in [0.3, 0.4) is 0 Å². The van der Waals surface area contributed by atoms with E-state index in [1.807, 2.05) is 30.3 Å². The van der Waals surface area contributed by atoms with E-state index < -0.39 is 23.3 Å². The number of nitrogens with one attached hydrogen (secondary N) is 1. The largest absolute Gasteiger partial charge is 0.418 e. The summed E-state index contributed by atoms with van der Waals surface area (Å²) in [4.78, 5) is 51.6. The molecule has 0 spiro atoms. The van der Waals surface area contributed by atoms with E-state index in [2.05, 4.69) is 42.9 Å². The number of nitrogen functional groups attached to an aromatic ring is 1. The lowest BCUT2D eigenvalue weighted by molar-refractivity contribution is -0.143. The Hall–Kier alpha value is -3.69. The van der Waals surface area contributed by atoms with Crippen molar-refractivity contribution in [2.75, 3.05) is 65.1 Å². The van der Waals surface area contributed by atoms with Crippen LogP contribution in [0, 0.1) is 5.92 Å². The van der Waals surface area contributed by atoms with Crippen LogP contribution in [0.25, 0.3) is 11.4 Å². The second kappa shape index (κ2) is 15.3. The summed E-state index contributed by atoms with van der Waals surface area (Å²) < 4.78 is 43.1. The van der Waals surface area contributed by atoms with Crippen molar-refractivity contribution in [3.05, 3.63) is 68.5 Å². The molecular weight excluding hydrogens is 717 g/mol. The number of hydrogen-bond donors (Lipinski definition) is 2. The van der Waals surface area contributed by atoms with Gasteiger partial charge in [0.2, 0.25) is 11.8 Å². The van der Waals surface area contributed by atoms with Crippen molar-refractivity contribution in [3.8, 4) is 11.4 Å². The Morgan fingerprint density at radius 1 is 0.940 bits per heavy atom. The Kier molecular flexibility index (Phi) is 11.0. The minimum Gasteiger partial charge on any atom is -0.397 e. The highest BCUT2D eigenvalue weighted by atomic mass is 79.9. The third kappa shape index (κ3) is 8.26. The fraction of sp³-hybridized carbons (Fsp3) is 0.543. The van der Waals surface area contributed by atoms with Gasteiger partial charge in [-0.2, -0.15) is 13.2 Å². The Bertz CT molecular complexity index is 1710. The first-order valence-electron chi connectivity index (χ1n) is 17.3. The number of carbonyl (C=O) groups is 2. The van der Waals surface area contributed by atoms with Crippen molar-refractivity contribution >= 4 is 33.4 Å². The molecule has 15 heteroatoms. The smallest absolute Gasteiger partial charge is 0.397 e. The van der Waals surface area contributed by atoms with Crippen LogP contribution in [0.5, 0.6) is 0 Å². The molecule has 0 unspecified atom stereocenters. The number of nitrogens with zero attached hydrogens (tertiary/aromatic N) is 6. The molecule has 2 aromatic carbocycles. The number of amides is 2. The summed E-state index contributed by atoms with van der Waals surface area (Å²) in [5, 5.41) is 4.52. The zero-order chi connectivity index (χ0) is 35.6. The van der Waals surface area contributed by atoms with Crippen LogP contribution in [0.15, 0.2) is 51.7 Å². The minimum atomic E-state index is -4.68. The summed E-state index contributed by atoms with van der Waals surface area (Å²) in [6.07, 6.45) is -1.69. The van der Waals surface area contributed by atoms with Gasteiger partial charge >= 0.3 is 11.9 Å². The van der Waals surface area contributed by atoms with Gasteiger partial charge in [-0.15, -0.1) is 5.10 Å². The number of piperazine rings is 1. The molecule has 270 valence electrons. The van der Waals surface area contributed by atoms with Gasteiger partial charge in [-0.3, -0.25) is 19.5 Å². The number of benzene rings is 2. The molecule has 4 heterocycles. The molecule has 0 saturated carbocycles. The average Bonchev–Trinajstić information content (AvgIpc) is 3.50. The molecule has 11 nitrogen and oxygen atoms in total. The van der Waals surface area contributed by atoms with Crippen molar-refractivity contribution in [1.29, 1.82) is 0 Å². The van der Waals surface area contributed by atoms with Gasteiger partial charge < -0.3 is 20.4 Å². The van der Waals surface area contributed by atoms with Crippen molar-refractivity contribution in [2.45, 2.75) is 56.8 Å². The van der Waals surface area contributed by atoms with E-state index in [4.69, 9.17) is 5.73 Å². The number of rotatable bonds is 8. The molecule has 2 amide bonds. The maximum atomic E-state index is 14.1. The monoisotopic (exact) mass is 760 g/mol. The summed E-state index contributed by atoms with van der Waals surface area (Å²) >= 11 is 3.16. The number of hydrogen-bond acceptors (Lipinski definition) is 7. The topological polar surface area (TPSA) is 124 Å². The van der Waals surface area contributed by atoms with Crippen LogP contribution in [0.1, 0.15) is 49.3 Å². The molecule has 50 heavy (non-hydrogen) atoms. The van der Waals surface area contributed by atoms with Gasteiger partial charge in [0.25, 0.3) is 0 Å². The van der Waals surface area contributed by atoms with Crippen LogP contribution >= 0.6 is 15.9 Å². The number of aromatic amines is 1. The lowest BCUT2D eigenvalue weighted by Crippen LogP contribution is -2.55. The van der Waals surface area contributed by atoms with E-state index in [0.29, 0.717) is 50.9 Å². The van der Waals surface area contributed by atoms with Crippen LogP contribution in [-0.2, 0) is 22.2 Å². The first-order chi connectivity index (χ1) is 23.9. The lowest BCUT2D eigenvalue weighted by atomic mass is 9.92. The summed E-state index contributed by atoms with van der Waals surface area (Å²) in [6.45, 7) is 5.26. The zero-order valence-electron chi connectivity index (χ0n) is 28.2. The number of aromatic nitrogens is 3. The second-order valence-electron chi connectivity index (χ2n) is 13.7. The molecule has 3 aromatic rings. The molecule has 0 bridgehead atoms. The number of halogens is 4. The Morgan fingerprint density at radius 2 is 1.58 bits per heavy atom.